The minimum Gasteiger partial charge on any atom is -0.503 e. The van der Waals surface area contributed by atoms with Crippen LogP contribution in [-0.4, -0.2) is 52.2 Å². The average Bonchev–Trinajstić information content (AvgIpc) is 2.80. The predicted molar refractivity (Wildman–Crippen MR) is 116 cm³/mol. The van der Waals surface area contributed by atoms with Crippen molar-refractivity contribution in [3.8, 4) is 22.6 Å². The number of benzene rings is 1. The number of halogens is 3. The van der Waals surface area contributed by atoms with Gasteiger partial charge in [0.15, 0.2) is 11.9 Å². The van der Waals surface area contributed by atoms with E-state index in [1.165, 1.54) is 0 Å². The second-order valence-electron chi connectivity index (χ2n) is 7.72. The summed E-state index contributed by atoms with van der Waals surface area (Å²) in [5.74, 6) is 0.0752. The van der Waals surface area contributed by atoms with Gasteiger partial charge < -0.3 is 24.4 Å². The summed E-state index contributed by atoms with van der Waals surface area (Å²) in [5, 5.41) is 19.7. The van der Waals surface area contributed by atoms with Crippen LogP contribution < -0.4 is 10.3 Å². The van der Waals surface area contributed by atoms with E-state index in [-0.39, 0.29) is 5.69 Å². The molecule has 4 rings (SSSR count). The van der Waals surface area contributed by atoms with E-state index in [0.717, 1.165) is 35.2 Å². The first-order valence-corrected chi connectivity index (χ1v) is 10.3. The van der Waals surface area contributed by atoms with Crippen LogP contribution in [0.5, 0.6) is 5.75 Å². The summed E-state index contributed by atoms with van der Waals surface area (Å²) in [5.41, 5.74) is 0.608. The number of aliphatic hydroxyl groups is 1. The molecule has 33 heavy (non-hydrogen) atoms. The van der Waals surface area contributed by atoms with Crippen molar-refractivity contribution in [3.05, 3.63) is 70.3 Å². The number of aromatic hydroxyl groups is 1. The van der Waals surface area contributed by atoms with Gasteiger partial charge in [0.1, 0.15) is 5.82 Å². The van der Waals surface area contributed by atoms with Gasteiger partial charge in [-0.05, 0) is 36.2 Å². The number of anilines is 1. The van der Waals surface area contributed by atoms with Gasteiger partial charge in [-0.15, -0.1) is 0 Å². The van der Waals surface area contributed by atoms with Gasteiger partial charge in [-0.2, -0.15) is 13.2 Å². The van der Waals surface area contributed by atoms with E-state index in [4.69, 9.17) is 4.74 Å². The van der Waals surface area contributed by atoms with Gasteiger partial charge in [0, 0.05) is 36.6 Å². The van der Waals surface area contributed by atoms with Gasteiger partial charge in [-0.1, -0.05) is 12.1 Å². The molecular weight excluding hydrogens is 439 g/mol. The SMILES string of the molecule is Cc1c(-c2ccc(N3CCOCC3)nc2)cccc1-n1cc(O)c(=O)cc1C(O)C(F)(F)F. The van der Waals surface area contributed by atoms with Crippen molar-refractivity contribution >= 4 is 5.82 Å². The largest absolute Gasteiger partial charge is 0.503 e. The molecule has 2 aromatic heterocycles. The number of hydrogen-bond acceptors (Lipinski definition) is 6. The maximum Gasteiger partial charge on any atom is 0.420 e. The molecule has 0 aliphatic carbocycles. The van der Waals surface area contributed by atoms with E-state index in [0.29, 0.717) is 30.4 Å². The lowest BCUT2D eigenvalue weighted by Gasteiger charge is -2.27. The highest BCUT2D eigenvalue weighted by Gasteiger charge is 2.41. The number of rotatable bonds is 4. The molecule has 1 aliphatic rings. The lowest BCUT2D eigenvalue weighted by Crippen LogP contribution is -2.36. The van der Waals surface area contributed by atoms with Crippen LogP contribution in [0.1, 0.15) is 17.4 Å². The third-order valence-electron chi connectivity index (χ3n) is 5.61. The number of aliphatic hydroxyl groups excluding tert-OH is 1. The molecule has 1 aromatic carbocycles. The van der Waals surface area contributed by atoms with Crippen molar-refractivity contribution in [1.29, 1.82) is 0 Å². The molecule has 1 unspecified atom stereocenters. The third-order valence-corrected chi connectivity index (χ3v) is 5.61. The Morgan fingerprint density at radius 1 is 1.15 bits per heavy atom. The van der Waals surface area contributed by atoms with Crippen LogP contribution in [0.2, 0.25) is 0 Å². The van der Waals surface area contributed by atoms with Gasteiger partial charge in [0.25, 0.3) is 0 Å². The van der Waals surface area contributed by atoms with Gasteiger partial charge in [0.2, 0.25) is 5.43 Å². The fraction of sp³-hybridized carbons (Fsp3) is 0.304. The van der Waals surface area contributed by atoms with Crippen LogP contribution in [0.3, 0.4) is 0 Å². The molecule has 1 aliphatic heterocycles. The van der Waals surface area contributed by atoms with Crippen LogP contribution in [0, 0.1) is 6.92 Å². The van der Waals surface area contributed by atoms with Crippen molar-refractivity contribution in [1.82, 2.24) is 9.55 Å². The zero-order valence-corrected chi connectivity index (χ0v) is 17.7. The first kappa shape index (κ1) is 22.8. The van der Waals surface area contributed by atoms with Crippen molar-refractivity contribution in [3.63, 3.8) is 0 Å². The molecule has 0 radical (unpaired) electrons. The van der Waals surface area contributed by atoms with Gasteiger partial charge >= 0.3 is 6.18 Å². The highest BCUT2D eigenvalue weighted by atomic mass is 19.4. The van der Waals surface area contributed by atoms with Gasteiger partial charge in [-0.25, -0.2) is 4.98 Å². The summed E-state index contributed by atoms with van der Waals surface area (Å²) in [6, 6.07) is 9.33. The second kappa shape index (κ2) is 8.87. The molecule has 2 N–H and O–H groups in total. The fourth-order valence-electron chi connectivity index (χ4n) is 3.85. The number of morpholine rings is 1. The number of pyridine rings is 2. The molecule has 3 heterocycles. The maximum atomic E-state index is 13.3. The molecule has 0 spiro atoms. The Bertz CT molecular complexity index is 1200. The molecule has 1 saturated heterocycles. The first-order chi connectivity index (χ1) is 15.7. The Labute approximate surface area is 187 Å². The summed E-state index contributed by atoms with van der Waals surface area (Å²) in [6.45, 7) is 4.44. The molecule has 0 amide bonds. The lowest BCUT2D eigenvalue weighted by molar-refractivity contribution is -0.208. The summed E-state index contributed by atoms with van der Waals surface area (Å²) in [4.78, 5) is 18.4. The zero-order chi connectivity index (χ0) is 23.8. The van der Waals surface area contributed by atoms with Crippen molar-refractivity contribution in [2.24, 2.45) is 0 Å². The number of alkyl halides is 3. The third kappa shape index (κ3) is 4.57. The lowest BCUT2D eigenvalue weighted by atomic mass is 10.00. The van der Waals surface area contributed by atoms with Crippen LogP contribution in [0.15, 0.2) is 53.6 Å². The van der Waals surface area contributed by atoms with E-state index in [1.807, 2.05) is 12.1 Å². The average molecular weight is 461 g/mol. The van der Waals surface area contributed by atoms with Crippen LogP contribution in [0.4, 0.5) is 19.0 Å². The van der Waals surface area contributed by atoms with E-state index in [2.05, 4.69) is 9.88 Å². The van der Waals surface area contributed by atoms with Crippen molar-refractivity contribution in [2.75, 3.05) is 31.2 Å². The maximum absolute atomic E-state index is 13.3. The topological polar surface area (TPSA) is 87.8 Å². The quantitative estimate of drug-likeness (QED) is 0.620. The molecule has 1 fully saturated rings. The minimum absolute atomic E-state index is 0.276. The van der Waals surface area contributed by atoms with Crippen molar-refractivity contribution in [2.45, 2.75) is 19.2 Å². The molecule has 1 atom stereocenters. The van der Waals surface area contributed by atoms with E-state index >= 15 is 0 Å². The number of aromatic nitrogens is 2. The number of ether oxygens (including phenoxy) is 1. The molecule has 3 aromatic rings. The van der Waals surface area contributed by atoms with Gasteiger partial charge in [-0.3, -0.25) is 4.79 Å². The first-order valence-electron chi connectivity index (χ1n) is 10.3. The van der Waals surface area contributed by atoms with Crippen LogP contribution in [0.25, 0.3) is 16.8 Å². The monoisotopic (exact) mass is 461 g/mol. The Balaban J connectivity index is 1.77. The van der Waals surface area contributed by atoms with E-state index in [1.54, 1.807) is 31.3 Å². The molecule has 0 saturated carbocycles. The normalized spacial score (nSPS) is 15.5. The van der Waals surface area contributed by atoms with Crippen LogP contribution in [-0.2, 0) is 4.74 Å². The fourth-order valence-corrected chi connectivity index (χ4v) is 3.85. The Hall–Kier alpha value is -3.37. The summed E-state index contributed by atoms with van der Waals surface area (Å²) in [6.07, 6.45) is -5.32. The smallest absolute Gasteiger partial charge is 0.420 e. The molecule has 10 heteroatoms. The standard InChI is InChI=1S/C23H22F3N3O4/c1-14-16(15-5-6-21(27-12-15)28-7-9-33-10-8-28)3-2-4-17(14)29-13-20(31)19(30)11-18(29)22(32)23(24,25)26/h2-6,11-13,22,31-32H,7-10H2,1H3. The zero-order valence-electron chi connectivity index (χ0n) is 17.7. The number of nitrogens with zero attached hydrogens (tertiary/aromatic N) is 3. The van der Waals surface area contributed by atoms with Crippen molar-refractivity contribution < 1.29 is 28.1 Å². The Morgan fingerprint density at radius 3 is 2.52 bits per heavy atom. The van der Waals surface area contributed by atoms with E-state index in [9.17, 15) is 28.2 Å². The molecular formula is C23H22F3N3O4. The van der Waals surface area contributed by atoms with Crippen LogP contribution >= 0.6 is 0 Å². The highest BCUT2D eigenvalue weighted by Crippen LogP contribution is 2.35. The van der Waals surface area contributed by atoms with Gasteiger partial charge in [0.05, 0.1) is 25.1 Å². The highest BCUT2D eigenvalue weighted by molar-refractivity contribution is 5.71. The second-order valence-corrected chi connectivity index (χ2v) is 7.72. The number of hydrogen-bond donors (Lipinski definition) is 2. The molecule has 7 nitrogen and oxygen atoms in total. The summed E-state index contributed by atoms with van der Waals surface area (Å²) >= 11 is 0. The summed E-state index contributed by atoms with van der Waals surface area (Å²) in [7, 11) is 0. The minimum atomic E-state index is -4.99. The summed E-state index contributed by atoms with van der Waals surface area (Å²) < 4.78 is 46.1. The predicted octanol–water partition coefficient (Wildman–Crippen LogP) is 3.35. The Kier molecular flexibility index (Phi) is 6.13. The molecule has 174 valence electrons. The molecule has 0 bridgehead atoms. The Morgan fingerprint density at radius 2 is 1.88 bits per heavy atom. The van der Waals surface area contributed by atoms with E-state index < -0.39 is 29.2 Å².